The summed E-state index contributed by atoms with van der Waals surface area (Å²) in [6, 6.07) is 5.96. The maximum absolute atomic E-state index is 12.9. The van der Waals surface area contributed by atoms with Crippen molar-refractivity contribution in [1.82, 2.24) is 10.2 Å². The van der Waals surface area contributed by atoms with Crippen molar-refractivity contribution in [2.45, 2.75) is 65.0 Å². The van der Waals surface area contributed by atoms with E-state index < -0.39 is 5.54 Å². The van der Waals surface area contributed by atoms with Gasteiger partial charge in [-0.15, -0.1) is 0 Å². The molecule has 1 spiro atoms. The molecular weight excluding hydrogens is 288 g/mol. The molecule has 1 saturated heterocycles. The van der Waals surface area contributed by atoms with E-state index in [4.69, 9.17) is 0 Å². The Morgan fingerprint density at radius 3 is 2.30 bits per heavy atom. The van der Waals surface area contributed by atoms with Crippen molar-refractivity contribution in [2.75, 3.05) is 0 Å². The van der Waals surface area contributed by atoms with Crippen LogP contribution in [0.2, 0.25) is 0 Å². The molecule has 1 N–H and O–H groups in total. The van der Waals surface area contributed by atoms with E-state index in [1.807, 2.05) is 26.0 Å². The largest absolute Gasteiger partial charge is 0.325 e. The minimum absolute atomic E-state index is 0.0313. The van der Waals surface area contributed by atoms with Gasteiger partial charge >= 0.3 is 6.03 Å². The number of nitrogens with one attached hydrogen (secondary N) is 1. The average Bonchev–Trinajstić information content (AvgIpc) is 2.72. The van der Waals surface area contributed by atoms with Crippen LogP contribution in [0.15, 0.2) is 18.2 Å². The number of urea groups is 1. The minimum atomic E-state index is -0.637. The zero-order valence-corrected chi connectivity index (χ0v) is 14.3. The Hall–Kier alpha value is -1.84. The molecule has 23 heavy (non-hydrogen) atoms. The molecule has 0 aromatic heterocycles. The first-order chi connectivity index (χ1) is 10.9. The maximum atomic E-state index is 12.9. The van der Waals surface area contributed by atoms with E-state index in [1.54, 1.807) is 0 Å². The quantitative estimate of drug-likeness (QED) is 0.865. The van der Waals surface area contributed by atoms with Gasteiger partial charge in [-0.1, -0.05) is 42.7 Å². The monoisotopic (exact) mass is 314 g/mol. The SMILES string of the molecule is CCC1CCC2(CC1)NC(=O)N(Cc1cc(C)cc(C)c1)C2=O. The van der Waals surface area contributed by atoms with Gasteiger partial charge in [0.05, 0.1) is 6.54 Å². The lowest BCUT2D eigenvalue weighted by Crippen LogP contribution is -2.49. The van der Waals surface area contributed by atoms with E-state index in [0.717, 1.165) is 48.8 Å². The lowest BCUT2D eigenvalue weighted by Gasteiger charge is -2.34. The molecule has 0 radical (unpaired) electrons. The van der Waals surface area contributed by atoms with Crippen molar-refractivity contribution in [1.29, 1.82) is 0 Å². The first-order valence-electron chi connectivity index (χ1n) is 8.65. The predicted octanol–water partition coefficient (Wildman–Crippen LogP) is 3.69. The number of imide groups is 1. The fourth-order valence-electron chi connectivity index (χ4n) is 4.08. The highest BCUT2D eigenvalue weighted by atomic mass is 16.2. The molecule has 1 heterocycles. The van der Waals surface area contributed by atoms with E-state index >= 15 is 0 Å². The van der Waals surface area contributed by atoms with Crippen LogP contribution in [-0.4, -0.2) is 22.4 Å². The van der Waals surface area contributed by atoms with E-state index in [-0.39, 0.29) is 11.9 Å². The molecule has 3 rings (SSSR count). The number of hydrogen-bond acceptors (Lipinski definition) is 2. The third-order valence-corrected chi connectivity index (χ3v) is 5.40. The second-order valence-electron chi connectivity index (χ2n) is 7.25. The minimum Gasteiger partial charge on any atom is -0.323 e. The van der Waals surface area contributed by atoms with Crippen LogP contribution in [0.5, 0.6) is 0 Å². The number of aryl methyl sites for hydroxylation is 2. The number of carbonyl (C=O) groups is 2. The molecule has 0 bridgehead atoms. The summed E-state index contributed by atoms with van der Waals surface area (Å²) in [5.41, 5.74) is 2.70. The van der Waals surface area contributed by atoms with Gasteiger partial charge in [0, 0.05) is 0 Å². The van der Waals surface area contributed by atoms with Crippen LogP contribution in [-0.2, 0) is 11.3 Å². The third kappa shape index (κ3) is 2.99. The number of rotatable bonds is 3. The van der Waals surface area contributed by atoms with Gasteiger partial charge in [-0.05, 0) is 51.0 Å². The number of benzene rings is 1. The first kappa shape index (κ1) is 16.0. The Kier molecular flexibility index (Phi) is 4.17. The molecule has 1 aliphatic carbocycles. The van der Waals surface area contributed by atoms with E-state index in [1.165, 1.54) is 4.90 Å². The molecule has 1 aliphatic heterocycles. The topological polar surface area (TPSA) is 49.4 Å². The van der Waals surface area contributed by atoms with Gasteiger partial charge in [-0.3, -0.25) is 9.69 Å². The standard InChI is InChI=1S/C19H26N2O2/c1-4-15-5-7-19(8-6-15)17(22)21(18(23)20-19)12-16-10-13(2)9-14(3)11-16/h9-11,15H,4-8,12H2,1-3H3,(H,20,23). The van der Waals surface area contributed by atoms with E-state index in [0.29, 0.717) is 12.5 Å². The van der Waals surface area contributed by atoms with E-state index in [2.05, 4.69) is 18.3 Å². The zero-order chi connectivity index (χ0) is 16.6. The first-order valence-corrected chi connectivity index (χ1v) is 8.65. The molecule has 0 atom stereocenters. The highest BCUT2D eigenvalue weighted by Gasteiger charge is 2.52. The highest BCUT2D eigenvalue weighted by molar-refractivity contribution is 6.07. The molecule has 1 aromatic carbocycles. The molecule has 2 aliphatic rings. The van der Waals surface area contributed by atoms with Crippen molar-refractivity contribution in [3.05, 3.63) is 34.9 Å². The molecule has 0 unspecified atom stereocenters. The van der Waals surface area contributed by atoms with Crippen molar-refractivity contribution in [2.24, 2.45) is 5.92 Å². The van der Waals surface area contributed by atoms with Gasteiger partial charge in [0.25, 0.3) is 5.91 Å². The summed E-state index contributed by atoms with van der Waals surface area (Å²) in [5.74, 6) is 0.662. The normalized spacial score (nSPS) is 27.6. The molecule has 4 nitrogen and oxygen atoms in total. The van der Waals surface area contributed by atoms with Gasteiger partial charge < -0.3 is 5.32 Å². The lowest BCUT2D eigenvalue weighted by atomic mass is 9.75. The second kappa shape index (κ2) is 5.99. The van der Waals surface area contributed by atoms with Crippen LogP contribution in [0.1, 0.15) is 55.7 Å². The third-order valence-electron chi connectivity index (χ3n) is 5.40. The smallest absolute Gasteiger partial charge is 0.323 e. The Morgan fingerprint density at radius 1 is 1.13 bits per heavy atom. The fraction of sp³-hybridized carbons (Fsp3) is 0.579. The summed E-state index contributed by atoms with van der Waals surface area (Å²) in [4.78, 5) is 26.7. The summed E-state index contributed by atoms with van der Waals surface area (Å²) >= 11 is 0. The summed E-state index contributed by atoms with van der Waals surface area (Å²) in [6.45, 7) is 6.64. The molecule has 124 valence electrons. The second-order valence-corrected chi connectivity index (χ2v) is 7.25. The summed E-state index contributed by atoms with van der Waals surface area (Å²) in [5, 5.41) is 3.00. The van der Waals surface area contributed by atoms with Crippen molar-refractivity contribution >= 4 is 11.9 Å². The molecular formula is C19H26N2O2. The number of amides is 3. The van der Waals surface area contributed by atoms with Crippen LogP contribution >= 0.6 is 0 Å². The maximum Gasteiger partial charge on any atom is 0.325 e. The van der Waals surface area contributed by atoms with Crippen LogP contribution in [0, 0.1) is 19.8 Å². The van der Waals surface area contributed by atoms with Crippen LogP contribution in [0.25, 0.3) is 0 Å². The number of hydrogen-bond donors (Lipinski definition) is 1. The number of nitrogens with zero attached hydrogens (tertiary/aromatic N) is 1. The van der Waals surface area contributed by atoms with Gasteiger partial charge in [-0.25, -0.2) is 4.79 Å². The summed E-state index contributed by atoms with van der Waals surface area (Å²) < 4.78 is 0. The average molecular weight is 314 g/mol. The fourth-order valence-corrected chi connectivity index (χ4v) is 4.08. The van der Waals surface area contributed by atoms with Crippen molar-refractivity contribution in [3.63, 3.8) is 0 Å². The Morgan fingerprint density at radius 2 is 1.74 bits per heavy atom. The van der Waals surface area contributed by atoms with Gasteiger partial charge in [0.1, 0.15) is 5.54 Å². The molecule has 4 heteroatoms. The van der Waals surface area contributed by atoms with Crippen molar-refractivity contribution < 1.29 is 9.59 Å². The van der Waals surface area contributed by atoms with Gasteiger partial charge in [0.15, 0.2) is 0 Å². The van der Waals surface area contributed by atoms with Crippen molar-refractivity contribution in [3.8, 4) is 0 Å². The predicted molar refractivity (Wildman–Crippen MR) is 90.0 cm³/mol. The Labute approximate surface area is 138 Å². The van der Waals surface area contributed by atoms with Gasteiger partial charge in [0.2, 0.25) is 0 Å². The zero-order valence-electron chi connectivity index (χ0n) is 14.3. The molecule has 1 aromatic rings. The van der Waals surface area contributed by atoms with E-state index in [9.17, 15) is 9.59 Å². The van der Waals surface area contributed by atoms with Crippen LogP contribution < -0.4 is 5.32 Å². The molecule has 1 saturated carbocycles. The van der Waals surface area contributed by atoms with Crippen LogP contribution in [0.3, 0.4) is 0 Å². The van der Waals surface area contributed by atoms with Gasteiger partial charge in [-0.2, -0.15) is 0 Å². The molecule has 2 fully saturated rings. The summed E-state index contributed by atoms with van der Waals surface area (Å²) in [7, 11) is 0. The Balaban J connectivity index is 1.77. The summed E-state index contributed by atoms with van der Waals surface area (Å²) in [6.07, 6.45) is 4.77. The highest BCUT2D eigenvalue weighted by Crippen LogP contribution is 2.38. The lowest BCUT2D eigenvalue weighted by molar-refractivity contribution is -0.133. The number of carbonyl (C=O) groups excluding carboxylic acids is 2. The Bertz CT molecular complexity index is 610. The van der Waals surface area contributed by atoms with Crippen LogP contribution in [0.4, 0.5) is 4.79 Å². The molecule has 3 amide bonds.